The maximum absolute atomic E-state index is 12.8. The van der Waals surface area contributed by atoms with Crippen molar-refractivity contribution in [2.75, 3.05) is 11.9 Å². The van der Waals surface area contributed by atoms with Crippen LogP contribution >= 0.6 is 0 Å². The van der Waals surface area contributed by atoms with Gasteiger partial charge >= 0.3 is 12.1 Å². The van der Waals surface area contributed by atoms with Gasteiger partial charge < -0.3 is 15.7 Å². The van der Waals surface area contributed by atoms with E-state index in [2.05, 4.69) is 31.4 Å². The number of carbonyl (C=O) groups excluding carboxylic acids is 1. The summed E-state index contributed by atoms with van der Waals surface area (Å²) in [5, 5.41) is 15.2. The van der Waals surface area contributed by atoms with E-state index in [1.165, 1.54) is 0 Å². The number of carboxylic acid groups (broad SMARTS) is 1. The van der Waals surface area contributed by atoms with E-state index in [1.54, 1.807) is 19.1 Å². The average molecular weight is 422 g/mol. The molecule has 0 aliphatic heterocycles. The van der Waals surface area contributed by atoms with Crippen molar-refractivity contribution in [3.8, 4) is 0 Å². The standard InChI is InChI=1S/C22H25F3N2O3/c1-13-16(6-5-7-17(13)26-12-21(2,3)4)19(28)27-18(20(29)30)14-8-10-15(11-9-14)22(23,24)25/h5-11,18,26H,12H2,1-4H3,(H,27,28)(H,29,30). The highest BCUT2D eigenvalue weighted by molar-refractivity contribution is 5.99. The largest absolute Gasteiger partial charge is 0.479 e. The van der Waals surface area contributed by atoms with Gasteiger partial charge in [0.2, 0.25) is 0 Å². The Morgan fingerprint density at radius 3 is 2.13 bits per heavy atom. The third kappa shape index (κ3) is 5.98. The minimum atomic E-state index is -4.53. The van der Waals surface area contributed by atoms with Gasteiger partial charge in [0.1, 0.15) is 0 Å². The molecule has 0 aliphatic carbocycles. The fraction of sp³-hybridized carbons (Fsp3) is 0.364. The van der Waals surface area contributed by atoms with E-state index in [0.29, 0.717) is 12.1 Å². The molecule has 0 spiro atoms. The van der Waals surface area contributed by atoms with E-state index < -0.39 is 29.7 Å². The molecule has 3 N–H and O–H groups in total. The van der Waals surface area contributed by atoms with Crippen molar-refractivity contribution in [1.82, 2.24) is 5.32 Å². The molecule has 162 valence electrons. The van der Waals surface area contributed by atoms with Gasteiger partial charge in [0.25, 0.3) is 5.91 Å². The molecule has 0 fully saturated rings. The molecule has 5 nitrogen and oxygen atoms in total. The number of hydrogen-bond donors (Lipinski definition) is 3. The summed E-state index contributed by atoms with van der Waals surface area (Å²) in [5.41, 5.74) is 0.849. The predicted octanol–water partition coefficient (Wildman–Crippen LogP) is 5.03. The molecule has 1 amide bonds. The molecule has 2 aromatic rings. The molecule has 2 rings (SSSR count). The summed E-state index contributed by atoms with van der Waals surface area (Å²) in [6.07, 6.45) is -4.53. The number of amides is 1. The summed E-state index contributed by atoms with van der Waals surface area (Å²) in [6, 6.07) is 7.28. The summed E-state index contributed by atoms with van der Waals surface area (Å²) in [7, 11) is 0. The van der Waals surface area contributed by atoms with Crippen LogP contribution in [-0.2, 0) is 11.0 Å². The van der Waals surface area contributed by atoms with Crippen LogP contribution in [0.4, 0.5) is 18.9 Å². The first-order valence-corrected chi connectivity index (χ1v) is 9.34. The van der Waals surface area contributed by atoms with Crippen molar-refractivity contribution < 1.29 is 27.9 Å². The molecule has 1 unspecified atom stereocenters. The van der Waals surface area contributed by atoms with Crippen LogP contribution in [0.5, 0.6) is 0 Å². The van der Waals surface area contributed by atoms with Crippen LogP contribution in [-0.4, -0.2) is 23.5 Å². The lowest BCUT2D eigenvalue weighted by Crippen LogP contribution is -2.34. The maximum Gasteiger partial charge on any atom is 0.416 e. The summed E-state index contributed by atoms with van der Waals surface area (Å²) < 4.78 is 38.2. The number of hydrogen-bond acceptors (Lipinski definition) is 3. The topological polar surface area (TPSA) is 78.4 Å². The van der Waals surface area contributed by atoms with E-state index in [4.69, 9.17) is 0 Å². The number of halogens is 3. The fourth-order valence-corrected chi connectivity index (χ4v) is 2.79. The summed E-state index contributed by atoms with van der Waals surface area (Å²) in [5.74, 6) is -2.00. The Balaban J connectivity index is 2.24. The molecule has 1 atom stereocenters. The van der Waals surface area contributed by atoms with Crippen molar-refractivity contribution >= 4 is 17.6 Å². The first kappa shape index (κ1) is 23.3. The predicted molar refractivity (Wildman–Crippen MR) is 108 cm³/mol. The van der Waals surface area contributed by atoms with E-state index in [9.17, 15) is 27.9 Å². The van der Waals surface area contributed by atoms with Gasteiger partial charge in [-0.05, 0) is 47.7 Å². The highest BCUT2D eigenvalue weighted by Gasteiger charge is 2.31. The minimum absolute atomic E-state index is 0.0156. The number of anilines is 1. The van der Waals surface area contributed by atoms with Gasteiger partial charge in [-0.3, -0.25) is 4.79 Å². The van der Waals surface area contributed by atoms with Crippen molar-refractivity contribution in [1.29, 1.82) is 0 Å². The molecule has 0 aliphatic rings. The second-order valence-corrected chi connectivity index (χ2v) is 8.26. The SMILES string of the molecule is Cc1c(NCC(C)(C)C)cccc1C(=O)NC(C(=O)O)c1ccc(C(F)(F)F)cc1. The van der Waals surface area contributed by atoms with Crippen LogP contribution in [0.3, 0.4) is 0 Å². The van der Waals surface area contributed by atoms with Crippen molar-refractivity contribution in [3.63, 3.8) is 0 Å². The zero-order valence-electron chi connectivity index (χ0n) is 17.2. The number of alkyl halides is 3. The number of aliphatic carboxylic acids is 1. The van der Waals surface area contributed by atoms with Gasteiger partial charge in [0.05, 0.1) is 5.56 Å². The van der Waals surface area contributed by atoms with Crippen LogP contribution in [0.15, 0.2) is 42.5 Å². The molecule has 8 heteroatoms. The molecule has 0 bridgehead atoms. The quantitative estimate of drug-likeness (QED) is 0.610. The first-order chi connectivity index (χ1) is 13.8. The Morgan fingerprint density at radius 1 is 1.03 bits per heavy atom. The summed E-state index contributed by atoms with van der Waals surface area (Å²) in [4.78, 5) is 24.4. The molecule has 0 saturated carbocycles. The first-order valence-electron chi connectivity index (χ1n) is 9.34. The van der Waals surface area contributed by atoms with Crippen molar-refractivity contribution in [2.45, 2.75) is 39.9 Å². The van der Waals surface area contributed by atoms with E-state index in [-0.39, 0.29) is 16.5 Å². The van der Waals surface area contributed by atoms with Gasteiger partial charge in [-0.1, -0.05) is 39.0 Å². The normalized spacial score (nSPS) is 12.9. The van der Waals surface area contributed by atoms with E-state index >= 15 is 0 Å². The van der Waals surface area contributed by atoms with Gasteiger partial charge in [-0.2, -0.15) is 13.2 Å². The molecule has 0 heterocycles. The second kappa shape index (κ2) is 8.77. The van der Waals surface area contributed by atoms with Crippen LogP contribution in [0.25, 0.3) is 0 Å². The Morgan fingerprint density at radius 2 is 1.63 bits per heavy atom. The molecular weight excluding hydrogens is 397 g/mol. The molecule has 2 aromatic carbocycles. The van der Waals surface area contributed by atoms with Gasteiger partial charge in [0, 0.05) is 17.8 Å². The summed E-state index contributed by atoms with van der Waals surface area (Å²) in [6.45, 7) is 8.60. The van der Waals surface area contributed by atoms with Crippen molar-refractivity contribution in [3.05, 3.63) is 64.7 Å². The van der Waals surface area contributed by atoms with Gasteiger partial charge in [0.15, 0.2) is 6.04 Å². The Bertz CT molecular complexity index is 917. The Labute approximate surface area is 173 Å². The third-order valence-corrected chi connectivity index (χ3v) is 4.48. The zero-order chi connectivity index (χ0) is 22.7. The lowest BCUT2D eigenvalue weighted by atomic mass is 9.96. The fourth-order valence-electron chi connectivity index (χ4n) is 2.79. The number of carboxylic acids is 1. The molecular formula is C22H25F3N2O3. The highest BCUT2D eigenvalue weighted by atomic mass is 19.4. The number of rotatable bonds is 6. The maximum atomic E-state index is 12.8. The minimum Gasteiger partial charge on any atom is -0.479 e. The Kier molecular flexibility index (Phi) is 6.80. The molecule has 0 radical (unpaired) electrons. The smallest absolute Gasteiger partial charge is 0.416 e. The number of benzene rings is 2. The van der Waals surface area contributed by atoms with E-state index in [0.717, 1.165) is 30.0 Å². The lowest BCUT2D eigenvalue weighted by Gasteiger charge is -2.22. The summed E-state index contributed by atoms with van der Waals surface area (Å²) >= 11 is 0. The van der Waals surface area contributed by atoms with Gasteiger partial charge in [-0.25, -0.2) is 4.79 Å². The van der Waals surface area contributed by atoms with Crippen LogP contribution in [0, 0.1) is 12.3 Å². The lowest BCUT2D eigenvalue weighted by molar-refractivity contribution is -0.139. The van der Waals surface area contributed by atoms with Crippen LogP contribution in [0.1, 0.15) is 53.9 Å². The van der Waals surface area contributed by atoms with Gasteiger partial charge in [-0.15, -0.1) is 0 Å². The number of nitrogens with one attached hydrogen (secondary N) is 2. The molecule has 0 saturated heterocycles. The second-order valence-electron chi connectivity index (χ2n) is 8.26. The monoisotopic (exact) mass is 422 g/mol. The average Bonchev–Trinajstić information content (AvgIpc) is 2.63. The Hall–Kier alpha value is -3.03. The van der Waals surface area contributed by atoms with E-state index in [1.807, 2.05) is 6.07 Å². The zero-order valence-corrected chi connectivity index (χ0v) is 17.2. The number of carbonyl (C=O) groups is 2. The van der Waals surface area contributed by atoms with Crippen LogP contribution < -0.4 is 10.6 Å². The molecule has 0 aromatic heterocycles. The van der Waals surface area contributed by atoms with Crippen molar-refractivity contribution in [2.24, 2.45) is 5.41 Å². The third-order valence-electron chi connectivity index (χ3n) is 4.48. The highest BCUT2D eigenvalue weighted by Crippen LogP contribution is 2.30. The molecule has 30 heavy (non-hydrogen) atoms. The van der Waals surface area contributed by atoms with Crippen LogP contribution in [0.2, 0.25) is 0 Å².